The minimum atomic E-state index is -0.378. The van der Waals surface area contributed by atoms with Gasteiger partial charge >= 0.3 is 0 Å². The molecule has 0 saturated heterocycles. The van der Waals surface area contributed by atoms with Crippen molar-refractivity contribution in [3.05, 3.63) is 28.2 Å². The van der Waals surface area contributed by atoms with Gasteiger partial charge in [0.1, 0.15) is 5.75 Å². The fourth-order valence-electron chi connectivity index (χ4n) is 1.50. The molecule has 0 fully saturated rings. The molecule has 112 valence electrons. The van der Waals surface area contributed by atoms with E-state index in [1.807, 2.05) is 13.8 Å². The number of rotatable bonds is 7. The number of hydrogen-bond acceptors (Lipinski definition) is 3. The highest BCUT2D eigenvalue weighted by atomic mass is 35.5. The minimum absolute atomic E-state index is 0.0359. The summed E-state index contributed by atoms with van der Waals surface area (Å²) in [5, 5.41) is 3.89. The van der Waals surface area contributed by atoms with Crippen molar-refractivity contribution in [1.82, 2.24) is 5.32 Å². The quantitative estimate of drug-likeness (QED) is 0.759. The Morgan fingerprint density at radius 2 is 2.10 bits per heavy atom. The van der Waals surface area contributed by atoms with Crippen LogP contribution in [-0.2, 0) is 4.79 Å². The predicted octanol–water partition coefficient (Wildman–Crippen LogP) is 3.01. The smallest absolute Gasteiger partial charge is 0.220 e. The van der Waals surface area contributed by atoms with E-state index in [0.717, 1.165) is 0 Å². The number of hydrogen-bond donors (Lipinski definition) is 2. The molecule has 0 radical (unpaired) electrons. The van der Waals surface area contributed by atoms with Gasteiger partial charge in [-0.05, 0) is 38.5 Å². The minimum Gasteiger partial charge on any atom is -0.492 e. The molecule has 6 heteroatoms. The first-order chi connectivity index (χ1) is 9.34. The molecule has 1 aromatic carbocycles. The maximum atomic E-state index is 11.7. The molecule has 0 aliphatic rings. The first-order valence-corrected chi connectivity index (χ1v) is 7.18. The number of ether oxygens (including phenoxy) is 1. The number of carbonyl (C=O) groups excluding carboxylic acids is 1. The van der Waals surface area contributed by atoms with Gasteiger partial charge in [0.15, 0.2) is 0 Å². The average molecular weight is 319 g/mol. The Balaban J connectivity index is 2.30. The fraction of sp³-hybridized carbons (Fsp3) is 0.500. The third-order valence-corrected chi connectivity index (χ3v) is 3.22. The number of amides is 1. The lowest BCUT2D eigenvalue weighted by Gasteiger charge is -2.24. The van der Waals surface area contributed by atoms with E-state index in [-0.39, 0.29) is 11.4 Å². The number of halogens is 2. The highest BCUT2D eigenvalue weighted by Gasteiger charge is 2.17. The molecular formula is C14H20Cl2N2O2. The molecule has 3 N–H and O–H groups in total. The second-order valence-corrected chi connectivity index (χ2v) is 6.01. The summed E-state index contributed by atoms with van der Waals surface area (Å²) in [6.45, 7) is 4.58. The van der Waals surface area contributed by atoms with Crippen LogP contribution in [0, 0.1) is 0 Å². The van der Waals surface area contributed by atoms with Gasteiger partial charge < -0.3 is 15.8 Å². The van der Waals surface area contributed by atoms with Gasteiger partial charge in [-0.1, -0.05) is 23.2 Å². The zero-order chi connectivity index (χ0) is 15.2. The summed E-state index contributed by atoms with van der Waals surface area (Å²) in [6.07, 6.45) is 0.986. The summed E-state index contributed by atoms with van der Waals surface area (Å²) in [6, 6.07) is 5.04. The predicted molar refractivity (Wildman–Crippen MR) is 82.5 cm³/mol. The molecule has 0 aliphatic carbocycles. The van der Waals surface area contributed by atoms with Crippen LogP contribution in [0.1, 0.15) is 26.7 Å². The van der Waals surface area contributed by atoms with Crippen molar-refractivity contribution < 1.29 is 9.53 Å². The second-order valence-electron chi connectivity index (χ2n) is 5.16. The molecule has 20 heavy (non-hydrogen) atoms. The molecule has 0 saturated carbocycles. The Labute approximate surface area is 129 Å². The Bertz CT molecular complexity index is 464. The van der Waals surface area contributed by atoms with E-state index in [0.29, 0.717) is 41.8 Å². The molecule has 4 nitrogen and oxygen atoms in total. The Hall–Kier alpha value is -0.970. The van der Waals surface area contributed by atoms with Gasteiger partial charge in [-0.2, -0.15) is 0 Å². The van der Waals surface area contributed by atoms with E-state index in [4.69, 9.17) is 33.7 Å². The lowest BCUT2D eigenvalue weighted by Crippen LogP contribution is -2.48. The molecule has 0 aromatic heterocycles. The molecule has 0 bridgehead atoms. The van der Waals surface area contributed by atoms with Crippen LogP contribution in [-0.4, -0.2) is 24.6 Å². The van der Waals surface area contributed by atoms with Crippen molar-refractivity contribution in [2.75, 3.05) is 13.2 Å². The summed E-state index contributed by atoms with van der Waals surface area (Å²) in [5.41, 5.74) is 5.17. The standard InChI is InChI=1S/C14H20Cl2N2O2/c1-14(2,9-17)18-13(19)4-3-7-20-12-6-5-10(15)8-11(12)16/h5-6,8H,3-4,7,9,17H2,1-2H3,(H,18,19). The average Bonchev–Trinajstić information content (AvgIpc) is 2.36. The SMILES string of the molecule is CC(C)(CN)NC(=O)CCCOc1ccc(Cl)cc1Cl. The Morgan fingerprint density at radius 3 is 2.70 bits per heavy atom. The van der Waals surface area contributed by atoms with Gasteiger partial charge in [-0.25, -0.2) is 0 Å². The summed E-state index contributed by atoms with van der Waals surface area (Å²) in [4.78, 5) is 11.7. The van der Waals surface area contributed by atoms with E-state index in [1.165, 1.54) is 0 Å². The summed E-state index contributed by atoms with van der Waals surface area (Å²) >= 11 is 11.8. The lowest BCUT2D eigenvalue weighted by molar-refractivity contribution is -0.122. The summed E-state index contributed by atoms with van der Waals surface area (Å²) in [5.74, 6) is 0.532. The van der Waals surface area contributed by atoms with Crippen molar-refractivity contribution in [3.8, 4) is 5.75 Å². The fourth-order valence-corrected chi connectivity index (χ4v) is 1.96. The molecule has 0 heterocycles. The van der Waals surface area contributed by atoms with Crippen LogP contribution < -0.4 is 15.8 Å². The van der Waals surface area contributed by atoms with E-state index in [1.54, 1.807) is 18.2 Å². The van der Waals surface area contributed by atoms with Crippen molar-refractivity contribution in [3.63, 3.8) is 0 Å². The molecule has 0 unspecified atom stereocenters. The van der Waals surface area contributed by atoms with Crippen molar-refractivity contribution >= 4 is 29.1 Å². The second kappa shape index (κ2) is 7.72. The van der Waals surface area contributed by atoms with Gasteiger partial charge in [0.05, 0.1) is 11.6 Å². The normalized spacial score (nSPS) is 11.2. The van der Waals surface area contributed by atoms with Gasteiger partial charge in [-0.15, -0.1) is 0 Å². The molecule has 1 rings (SSSR count). The van der Waals surface area contributed by atoms with Crippen LogP contribution in [0.25, 0.3) is 0 Å². The zero-order valence-electron chi connectivity index (χ0n) is 11.7. The van der Waals surface area contributed by atoms with Crippen LogP contribution in [0.4, 0.5) is 0 Å². The number of carbonyl (C=O) groups is 1. The van der Waals surface area contributed by atoms with Crippen LogP contribution in [0.15, 0.2) is 18.2 Å². The third-order valence-electron chi connectivity index (χ3n) is 2.69. The van der Waals surface area contributed by atoms with Crippen LogP contribution in [0.5, 0.6) is 5.75 Å². The monoisotopic (exact) mass is 318 g/mol. The zero-order valence-corrected chi connectivity index (χ0v) is 13.2. The molecular weight excluding hydrogens is 299 g/mol. The lowest BCUT2D eigenvalue weighted by atomic mass is 10.1. The van der Waals surface area contributed by atoms with Crippen LogP contribution in [0.3, 0.4) is 0 Å². The summed E-state index contributed by atoms with van der Waals surface area (Å²) in [7, 11) is 0. The van der Waals surface area contributed by atoms with Gasteiger partial charge in [0.2, 0.25) is 5.91 Å². The first-order valence-electron chi connectivity index (χ1n) is 6.43. The van der Waals surface area contributed by atoms with Gasteiger partial charge in [0.25, 0.3) is 0 Å². The molecule has 1 aromatic rings. The highest BCUT2D eigenvalue weighted by Crippen LogP contribution is 2.27. The topological polar surface area (TPSA) is 64.3 Å². The maximum Gasteiger partial charge on any atom is 0.220 e. The van der Waals surface area contributed by atoms with Crippen molar-refractivity contribution in [1.29, 1.82) is 0 Å². The molecule has 1 amide bonds. The largest absolute Gasteiger partial charge is 0.492 e. The van der Waals surface area contributed by atoms with Crippen LogP contribution >= 0.6 is 23.2 Å². The molecule has 0 spiro atoms. The number of benzene rings is 1. The van der Waals surface area contributed by atoms with E-state index in [9.17, 15) is 4.79 Å². The first kappa shape index (κ1) is 17.1. The molecule has 0 atom stereocenters. The number of nitrogens with two attached hydrogens (primary N) is 1. The summed E-state index contributed by atoms with van der Waals surface area (Å²) < 4.78 is 5.50. The maximum absolute atomic E-state index is 11.7. The third kappa shape index (κ3) is 5.99. The van der Waals surface area contributed by atoms with E-state index < -0.39 is 0 Å². The molecule has 0 aliphatic heterocycles. The van der Waals surface area contributed by atoms with Crippen LogP contribution in [0.2, 0.25) is 10.0 Å². The van der Waals surface area contributed by atoms with E-state index >= 15 is 0 Å². The number of nitrogens with one attached hydrogen (secondary N) is 1. The Morgan fingerprint density at radius 1 is 1.40 bits per heavy atom. The van der Waals surface area contributed by atoms with Gasteiger partial charge in [-0.3, -0.25) is 4.79 Å². The van der Waals surface area contributed by atoms with Gasteiger partial charge in [0, 0.05) is 23.5 Å². The Kier molecular flexibility index (Phi) is 6.59. The van der Waals surface area contributed by atoms with E-state index in [2.05, 4.69) is 5.32 Å². The van der Waals surface area contributed by atoms with Crippen molar-refractivity contribution in [2.24, 2.45) is 5.73 Å². The highest BCUT2D eigenvalue weighted by molar-refractivity contribution is 6.35. The van der Waals surface area contributed by atoms with Crippen molar-refractivity contribution in [2.45, 2.75) is 32.2 Å².